The Morgan fingerprint density at radius 1 is 1.29 bits per heavy atom. The summed E-state index contributed by atoms with van der Waals surface area (Å²) in [7, 11) is 0. The zero-order valence-electron chi connectivity index (χ0n) is 16.8. The van der Waals surface area contributed by atoms with Crippen LogP contribution in [0.2, 0.25) is 0 Å². The van der Waals surface area contributed by atoms with Gasteiger partial charge in [0.1, 0.15) is 11.6 Å². The first-order chi connectivity index (χ1) is 13.6. The van der Waals surface area contributed by atoms with Crippen molar-refractivity contribution in [2.24, 2.45) is 5.92 Å². The van der Waals surface area contributed by atoms with E-state index in [4.69, 9.17) is 0 Å². The number of hydrogen-bond donors (Lipinski definition) is 2. The van der Waals surface area contributed by atoms with E-state index in [0.717, 1.165) is 50.5 Å². The predicted molar refractivity (Wildman–Crippen MR) is 110 cm³/mol. The topological polar surface area (TPSA) is 83.3 Å². The summed E-state index contributed by atoms with van der Waals surface area (Å²) in [4.78, 5) is 23.4. The van der Waals surface area contributed by atoms with Gasteiger partial charge in [-0.1, -0.05) is 13.8 Å². The molecule has 0 spiro atoms. The lowest BCUT2D eigenvalue weighted by atomic mass is 9.98. The van der Waals surface area contributed by atoms with Gasteiger partial charge in [-0.15, -0.1) is 0 Å². The van der Waals surface area contributed by atoms with Gasteiger partial charge in [0, 0.05) is 57.3 Å². The number of amides is 1. The molecule has 3 heterocycles. The molecular weight excluding hydrogens is 354 g/mol. The first kappa shape index (κ1) is 20.3. The molecule has 0 unspecified atom stereocenters. The minimum Gasteiger partial charge on any atom is -0.396 e. The van der Waals surface area contributed by atoms with Crippen LogP contribution in [0.15, 0.2) is 30.7 Å². The molecule has 0 bridgehead atoms. The van der Waals surface area contributed by atoms with Gasteiger partial charge in [-0.05, 0) is 37.3 Å². The Kier molecular flexibility index (Phi) is 7.03. The maximum atomic E-state index is 12.3. The lowest BCUT2D eigenvalue weighted by Crippen LogP contribution is -2.35. The number of aliphatic hydroxyl groups is 1. The fourth-order valence-corrected chi connectivity index (χ4v) is 3.62. The van der Waals surface area contributed by atoms with Gasteiger partial charge >= 0.3 is 0 Å². The summed E-state index contributed by atoms with van der Waals surface area (Å²) >= 11 is 0. The number of rotatable bonds is 8. The molecule has 7 nitrogen and oxygen atoms in total. The molecule has 1 aliphatic rings. The van der Waals surface area contributed by atoms with Crippen molar-refractivity contribution in [2.45, 2.75) is 45.6 Å². The molecule has 7 heteroatoms. The number of anilines is 1. The standard InChI is InChI=1S/C21H31N5O2/c1-16(2)20-22-9-13-26(20)10-3-8-23-21(28)18-4-5-19(24-14-18)25-11-6-17(15-27)7-12-25/h4-5,9,13-14,16-17,27H,3,6-8,10-12,15H2,1-2H3,(H,23,28). The fraction of sp³-hybridized carbons (Fsp3) is 0.571. The van der Waals surface area contributed by atoms with Crippen LogP contribution in [0.1, 0.15) is 55.2 Å². The largest absolute Gasteiger partial charge is 0.396 e. The quantitative estimate of drug-likeness (QED) is 0.682. The van der Waals surface area contributed by atoms with Gasteiger partial charge in [0.15, 0.2) is 0 Å². The Morgan fingerprint density at radius 2 is 2.07 bits per heavy atom. The third-order valence-electron chi connectivity index (χ3n) is 5.33. The van der Waals surface area contributed by atoms with E-state index in [1.54, 1.807) is 6.20 Å². The molecule has 0 radical (unpaired) electrons. The number of hydrogen-bond acceptors (Lipinski definition) is 5. The van der Waals surface area contributed by atoms with Crippen LogP contribution in [0.25, 0.3) is 0 Å². The molecule has 3 rings (SSSR count). The molecule has 1 aliphatic heterocycles. The summed E-state index contributed by atoms with van der Waals surface area (Å²) < 4.78 is 2.15. The number of piperidine rings is 1. The molecule has 0 aliphatic carbocycles. The molecule has 2 aromatic rings. The number of carbonyl (C=O) groups excluding carboxylic acids is 1. The predicted octanol–water partition coefficient (Wildman–Crippen LogP) is 2.43. The first-order valence-electron chi connectivity index (χ1n) is 10.2. The van der Waals surface area contributed by atoms with Crippen LogP contribution < -0.4 is 10.2 Å². The van der Waals surface area contributed by atoms with Crippen LogP contribution in [0.4, 0.5) is 5.82 Å². The molecule has 1 amide bonds. The summed E-state index contributed by atoms with van der Waals surface area (Å²) in [5.74, 6) is 2.68. The van der Waals surface area contributed by atoms with Crippen LogP contribution in [0.5, 0.6) is 0 Å². The van der Waals surface area contributed by atoms with Crippen molar-refractivity contribution in [1.82, 2.24) is 19.9 Å². The van der Waals surface area contributed by atoms with Gasteiger partial charge in [0.25, 0.3) is 5.91 Å². The third-order valence-corrected chi connectivity index (χ3v) is 5.33. The van der Waals surface area contributed by atoms with E-state index in [1.165, 1.54) is 0 Å². The Morgan fingerprint density at radius 3 is 2.71 bits per heavy atom. The van der Waals surface area contributed by atoms with Crippen molar-refractivity contribution in [3.63, 3.8) is 0 Å². The van der Waals surface area contributed by atoms with Gasteiger partial charge in [0.05, 0.1) is 5.56 Å². The molecule has 28 heavy (non-hydrogen) atoms. The second-order valence-electron chi connectivity index (χ2n) is 7.76. The Bertz CT molecular complexity index is 748. The molecule has 0 saturated carbocycles. The molecular formula is C21H31N5O2. The van der Waals surface area contributed by atoms with Gasteiger partial charge in [0.2, 0.25) is 0 Å². The van der Waals surface area contributed by atoms with E-state index in [-0.39, 0.29) is 12.5 Å². The molecule has 2 aromatic heterocycles. The van der Waals surface area contributed by atoms with Crippen LogP contribution in [0, 0.1) is 5.92 Å². The lowest BCUT2D eigenvalue weighted by Gasteiger charge is -2.31. The van der Waals surface area contributed by atoms with Crippen molar-refractivity contribution in [3.05, 3.63) is 42.1 Å². The highest BCUT2D eigenvalue weighted by Crippen LogP contribution is 2.21. The van der Waals surface area contributed by atoms with Gasteiger partial charge in [-0.25, -0.2) is 9.97 Å². The minimum absolute atomic E-state index is 0.0900. The number of carbonyl (C=O) groups is 1. The number of imidazole rings is 1. The van der Waals surface area contributed by atoms with Gasteiger partial charge < -0.3 is 19.9 Å². The summed E-state index contributed by atoms with van der Waals surface area (Å²) in [5, 5.41) is 12.2. The summed E-state index contributed by atoms with van der Waals surface area (Å²) in [5.41, 5.74) is 0.583. The number of aromatic nitrogens is 3. The first-order valence-corrected chi connectivity index (χ1v) is 10.2. The van der Waals surface area contributed by atoms with E-state index in [9.17, 15) is 9.90 Å². The van der Waals surface area contributed by atoms with E-state index < -0.39 is 0 Å². The van der Waals surface area contributed by atoms with Crippen molar-refractivity contribution in [1.29, 1.82) is 0 Å². The molecule has 0 aromatic carbocycles. The normalized spacial score (nSPS) is 15.2. The van der Waals surface area contributed by atoms with Crippen molar-refractivity contribution >= 4 is 11.7 Å². The zero-order chi connectivity index (χ0) is 19.9. The van der Waals surface area contributed by atoms with Crippen LogP contribution in [-0.4, -0.2) is 51.8 Å². The van der Waals surface area contributed by atoms with E-state index in [0.29, 0.717) is 23.9 Å². The van der Waals surface area contributed by atoms with Crippen LogP contribution in [-0.2, 0) is 6.54 Å². The highest BCUT2D eigenvalue weighted by atomic mass is 16.3. The van der Waals surface area contributed by atoms with E-state index in [1.807, 2.05) is 24.5 Å². The van der Waals surface area contributed by atoms with E-state index in [2.05, 4.69) is 38.6 Å². The van der Waals surface area contributed by atoms with Crippen LogP contribution >= 0.6 is 0 Å². The molecule has 0 atom stereocenters. The van der Waals surface area contributed by atoms with Crippen molar-refractivity contribution in [2.75, 3.05) is 31.1 Å². The fourth-order valence-electron chi connectivity index (χ4n) is 3.62. The maximum Gasteiger partial charge on any atom is 0.252 e. The van der Waals surface area contributed by atoms with Crippen LogP contribution in [0.3, 0.4) is 0 Å². The molecule has 1 saturated heterocycles. The number of aryl methyl sites for hydroxylation is 1. The highest BCUT2D eigenvalue weighted by molar-refractivity contribution is 5.94. The van der Waals surface area contributed by atoms with E-state index >= 15 is 0 Å². The second kappa shape index (κ2) is 9.68. The van der Waals surface area contributed by atoms with Gasteiger partial charge in [-0.3, -0.25) is 4.79 Å². The SMILES string of the molecule is CC(C)c1nccn1CCCNC(=O)c1ccc(N2CCC(CO)CC2)nc1. The lowest BCUT2D eigenvalue weighted by molar-refractivity contribution is 0.0952. The smallest absolute Gasteiger partial charge is 0.252 e. The average Bonchev–Trinajstić information content (AvgIpc) is 3.20. The minimum atomic E-state index is -0.0900. The monoisotopic (exact) mass is 385 g/mol. The van der Waals surface area contributed by atoms with Gasteiger partial charge in [-0.2, -0.15) is 0 Å². The number of pyridine rings is 1. The summed E-state index contributed by atoms with van der Waals surface area (Å²) in [6, 6.07) is 3.75. The number of nitrogens with zero attached hydrogens (tertiary/aromatic N) is 4. The Balaban J connectivity index is 1.44. The molecule has 1 fully saturated rings. The molecule has 152 valence electrons. The second-order valence-corrected chi connectivity index (χ2v) is 7.76. The average molecular weight is 386 g/mol. The van der Waals surface area contributed by atoms with Crippen molar-refractivity contribution < 1.29 is 9.90 Å². The Labute approximate surface area is 166 Å². The number of aliphatic hydroxyl groups excluding tert-OH is 1. The Hall–Kier alpha value is -2.41. The zero-order valence-corrected chi connectivity index (χ0v) is 16.8. The summed E-state index contributed by atoms with van der Waals surface area (Å²) in [6.45, 7) is 7.78. The highest BCUT2D eigenvalue weighted by Gasteiger charge is 2.19. The summed E-state index contributed by atoms with van der Waals surface area (Å²) in [6.07, 6.45) is 8.28. The number of nitrogens with one attached hydrogen (secondary N) is 1. The van der Waals surface area contributed by atoms with Crippen molar-refractivity contribution in [3.8, 4) is 0 Å². The third kappa shape index (κ3) is 5.10. The maximum absolute atomic E-state index is 12.3. The molecule has 2 N–H and O–H groups in total.